The first-order valence-electron chi connectivity index (χ1n) is 9.02. The zero-order valence-corrected chi connectivity index (χ0v) is 14.5. The van der Waals surface area contributed by atoms with Crippen LogP contribution in [0.2, 0.25) is 0 Å². The predicted octanol–water partition coefficient (Wildman–Crippen LogP) is 2.85. The number of hydrogen-bond acceptors (Lipinski definition) is 3. The van der Waals surface area contributed by atoms with Gasteiger partial charge < -0.3 is 9.64 Å². The van der Waals surface area contributed by atoms with Crippen LogP contribution in [0, 0.1) is 12.7 Å². The number of nitrogens with zero attached hydrogens (tertiary/aromatic N) is 2. The van der Waals surface area contributed by atoms with Gasteiger partial charge in [0.25, 0.3) is 5.91 Å². The van der Waals surface area contributed by atoms with Gasteiger partial charge in [0.2, 0.25) is 0 Å². The summed E-state index contributed by atoms with van der Waals surface area (Å²) in [6.45, 7) is 7.07. The molecule has 132 valence electrons. The van der Waals surface area contributed by atoms with Crippen LogP contribution in [0.5, 0.6) is 0 Å². The molecule has 0 bridgehead atoms. The number of hydrogen-bond donors (Lipinski definition) is 0. The first kappa shape index (κ1) is 17.4. The van der Waals surface area contributed by atoms with Crippen molar-refractivity contribution in [3.63, 3.8) is 0 Å². The van der Waals surface area contributed by atoms with Crippen LogP contribution in [-0.4, -0.2) is 61.1 Å². The Morgan fingerprint density at radius 2 is 2.04 bits per heavy atom. The van der Waals surface area contributed by atoms with Gasteiger partial charge in [0, 0.05) is 32.2 Å². The molecular weight excluding hydrogens is 307 g/mol. The molecular formula is C19H27FN2O2. The fraction of sp³-hybridized carbons (Fsp3) is 0.632. The van der Waals surface area contributed by atoms with E-state index in [1.54, 1.807) is 6.07 Å². The van der Waals surface area contributed by atoms with Gasteiger partial charge in [-0.3, -0.25) is 9.69 Å². The van der Waals surface area contributed by atoms with E-state index >= 15 is 0 Å². The summed E-state index contributed by atoms with van der Waals surface area (Å²) in [5, 5.41) is 0. The minimum atomic E-state index is -0.405. The molecule has 0 aromatic heterocycles. The van der Waals surface area contributed by atoms with Crippen LogP contribution in [0.15, 0.2) is 18.2 Å². The van der Waals surface area contributed by atoms with Gasteiger partial charge >= 0.3 is 0 Å². The molecule has 0 N–H and O–H groups in total. The maximum absolute atomic E-state index is 14.2. The third kappa shape index (κ3) is 4.14. The molecule has 2 aliphatic rings. The van der Waals surface area contributed by atoms with Crippen molar-refractivity contribution in [1.82, 2.24) is 9.80 Å². The normalized spacial score (nSPS) is 22.6. The number of likely N-dealkylation sites (tertiary alicyclic amines) is 1. The van der Waals surface area contributed by atoms with E-state index in [2.05, 4.69) is 4.90 Å². The van der Waals surface area contributed by atoms with Gasteiger partial charge in [0.15, 0.2) is 0 Å². The predicted molar refractivity (Wildman–Crippen MR) is 91.7 cm³/mol. The third-order valence-electron chi connectivity index (χ3n) is 5.13. The molecule has 3 rings (SSSR count). The topological polar surface area (TPSA) is 32.8 Å². The van der Waals surface area contributed by atoms with E-state index < -0.39 is 5.82 Å². The van der Waals surface area contributed by atoms with E-state index in [-0.39, 0.29) is 17.5 Å². The molecule has 4 nitrogen and oxygen atoms in total. The van der Waals surface area contributed by atoms with Crippen molar-refractivity contribution < 1.29 is 13.9 Å². The fourth-order valence-electron chi connectivity index (χ4n) is 3.67. The highest BCUT2D eigenvalue weighted by atomic mass is 19.1. The number of amides is 1. The molecule has 0 saturated carbocycles. The zero-order valence-electron chi connectivity index (χ0n) is 14.5. The Kier molecular flexibility index (Phi) is 5.85. The SMILES string of the molecule is Cc1ccc(C(=O)N2CCCCC2CCN2CCOCC2)c(F)c1. The van der Waals surface area contributed by atoms with E-state index in [0.717, 1.165) is 70.6 Å². The molecule has 1 aromatic carbocycles. The van der Waals surface area contributed by atoms with Crippen molar-refractivity contribution in [2.24, 2.45) is 0 Å². The number of morpholine rings is 1. The van der Waals surface area contributed by atoms with Gasteiger partial charge in [-0.2, -0.15) is 0 Å². The van der Waals surface area contributed by atoms with E-state index in [9.17, 15) is 9.18 Å². The van der Waals surface area contributed by atoms with E-state index in [1.165, 1.54) is 6.07 Å². The zero-order chi connectivity index (χ0) is 16.9. The molecule has 2 heterocycles. The molecule has 0 spiro atoms. The number of benzene rings is 1. The molecule has 1 aromatic rings. The van der Waals surface area contributed by atoms with Crippen LogP contribution in [0.4, 0.5) is 4.39 Å². The quantitative estimate of drug-likeness (QED) is 0.849. The van der Waals surface area contributed by atoms with Crippen molar-refractivity contribution in [2.75, 3.05) is 39.4 Å². The highest BCUT2D eigenvalue weighted by Crippen LogP contribution is 2.23. The molecule has 24 heavy (non-hydrogen) atoms. The molecule has 2 saturated heterocycles. The van der Waals surface area contributed by atoms with E-state index in [0.29, 0.717) is 0 Å². The lowest BCUT2D eigenvalue weighted by molar-refractivity contribution is 0.0295. The molecule has 2 aliphatic heterocycles. The molecule has 0 aliphatic carbocycles. The van der Waals surface area contributed by atoms with Crippen LogP contribution in [0.25, 0.3) is 0 Å². The highest BCUT2D eigenvalue weighted by molar-refractivity contribution is 5.94. The number of ether oxygens (including phenoxy) is 1. The lowest BCUT2D eigenvalue weighted by atomic mass is 9.97. The summed E-state index contributed by atoms with van der Waals surface area (Å²) < 4.78 is 19.6. The van der Waals surface area contributed by atoms with Gasteiger partial charge in [0.05, 0.1) is 18.8 Å². The average molecular weight is 334 g/mol. The summed E-state index contributed by atoms with van der Waals surface area (Å²) in [7, 11) is 0. The first-order valence-corrected chi connectivity index (χ1v) is 9.02. The summed E-state index contributed by atoms with van der Waals surface area (Å²) >= 11 is 0. The Hall–Kier alpha value is -1.46. The number of piperidine rings is 1. The molecule has 0 radical (unpaired) electrons. The van der Waals surface area contributed by atoms with E-state index in [4.69, 9.17) is 4.74 Å². The highest BCUT2D eigenvalue weighted by Gasteiger charge is 2.29. The molecule has 1 amide bonds. The molecule has 1 unspecified atom stereocenters. The Morgan fingerprint density at radius 1 is 1.25 bits per heavy atom. The monoisotopic (exact) mass is 334 g/mol. The smallest absolute Gasteiger partial charge is 0.257 e. The van der Waals surface area contributed by atoms with Crippen molar-refractivity contribution in [1.29, 1.82) is 0 Å². The minimum absolute atomic E-state index is 0.154. The maximum Gasteiger partial charge on any atom is 0.257 e. The van der Waals surface area contributed by atoms with Crippen LogP contribution in [-0.2, 0) is 4.74 Å². The Morgan fingerprint density at radius 3 is 2.79 bits per heavy atom. The van der Waals surface area contributed by atoms with Gasteiger partial charge in [-0.15, -0.1) is 0 Å². The lowest BCUT2D eigenvalue weighted by Gasteiger charge is -2.37. The number of rotatable bonds is 4. The summed E-state index contributed by atoms with van der Waals surface area (Å²) in [5.74, 6) is -0.559. The van der Waals surface area contributed by atoms with Gasteiger partial charge in [-0.25, -0.2) is 4.39 Å². The lowest BCUT2D eigenvalue weighted by Crippen LogP contribution is -2.46. The van der Waals surface area contributed by atoms with Crippen LogP contribution >= 0.6 is 0 Å². The van der Waals surface area contributed by atoms with Crippen molar-refractivity contribution in [2.45, 2.75) is 38.6 Å². The number of halogens is 1. The number of carbonyl (C=O) groups excluding carboxylic acids is 1. The van der Waals surface area contributed by atoms with Gasteiger partial charge in [-0.1, -0.05) is 6.07 Å². The summed E-state index contributed by atoms with van der Waals surface area (Å²) in [6.07, 6.45) is 4.13. The Balaban J connectivity index is 1.65. The minimum Gasteiger partial charge on any atom is -0.379 e. The van der Waals surface area contributed by atoms with Crippen LogP contribution in [0.3, 0.4) is 0 Å². The first-order chi connectivity index (χ1) is 11.6. The molecule has 2 fully saturated rings. The van der Waals surface area contributed by atoms with Crippen molar-refractivity contribution in [3.8, 4) is 0 Å². The summed E-state index contributed by atoms with van der Waals surface area (Å²) in [6, 6.07) is 5.10. The van der Waals surface area contributed by atoms with Crippen molar-refractivity contribution in [3.05, 3.63) is 35.1 Å². The van der Waals surface area contributed by atoms with E-state index in [1.807, 2.05) is 17.9 Å². The molecule has 1 atom stereocenters. The fourth-order valence-corrected chi connectivity index (χ4v) is 3.67. The number of carbonyl (C=O) groups is 1. The largest absolute Gasteiger partial charge is 0.379 e. The van der Waals surface area contributed by atoms with Crippen molar-refractivity contribution >= 4 is 5.91 Å². The Bertz CT molecular complexity index is 572. The van der Waals surface area contributed by atoms with Gasteiger partial charge in [-0.05, 0) is 50.3 Å². The second-order valence-corrected chi connectivity index (χ2v) is 6.87. The maximum atomic E-state index is 14.2. The number of aryl methyl sites for hydroxylation is 1. The summed E-state index contributed by atoms with van der Waals surface area (Å²) in [5.41, 5.74) is 1.05. The van der Waals surface area contributed by atoms with Gasteiger partial charge in [0.1, 0.15) is 5.82 Å². The third-order valence-corrected chi connectivity index (χ3v) is 5.13. The second-order valence-electron chi connectivity index (χ2n) is 6.87. The average Bonchev–Trinajstić information content (AvgIpc) is 2.60. The van der Waals surface area contributed by atoms with Crippen LogP contribution < -0.4 is 0 Å². The molecule has 5 heteroatoms. The Labute approximate surface area is 143 Å². The summed E-state index contributed by atoms with van der Waals surface area (Å²) in [4.78, 5) is 17.1. The van der Waals surface area contributed by atoms with Crippen LogP contribution in [0.1, 0.15) is 41.6 Å². The second kappa shape index (κ2) is 8.08. The standard InChI is InChI=1S/C19H27FN2O2/c1-15-5-6-17(18(20)14-15)19(23)22-8-3-2-4-16(22)7-9-21-10-12-24-13-11-21/h5-6,14,16H,2-4,7-13H2,1H3.